The molecule has 1 aromatic heterocycles. The van der Waals surface area contributed by atoms with E-state index in [4.69, 9.17) is 11.6 Å². The Balaban J connectivity index is 1.78. The smallest absolute Gasteiger partial charge is 0.235 e. The summed E-state index contributed by atoms with van der Waals surface area (Å²) in [5, 5.41) is 9.90. The molecular weight excluding hydrogens is 392 g/mol. The van der Waals surface area contributed by atoms with Crippen LogP contribution in [0.3, 0.4) is 0 Å². The van der Waals surface area contributed by atoms with Crippen molar-refractivity contribution in [3.8, 4) is 11.4 Å². The standard InChI is InChI=1S/C21H27ClN4OS/c1-5-10-26-19(17-6-8-18(22)9-7-17)23-24-21(26)28-16(4)20(27)25-12-14(2)11-15(3)13-25/h5-9,14-16H,1,10-13H2,2-4H3. The summed E-state index contributed by atoms with van der Waals surface area (Å²) in [6.45, 7) is 12.5. The highest BCUT2D eigenvalue weighted by Gasteiger charge is 2.29. The van der Waals surface area contributed by atoms with Crippen LogP contribution in [0.4, 0.5) is 0 Å². The number of halogens is 1. The summed E-state index contributed by atoms with van der Waals surface area (Å²) in [6, 6.07) is 7.51. The van der Waals surface area contributed by atoms with Gasteiger partial charge in [0, 0.05) is 30.2 Å². The molecule has 0 radical (unpaired) electrons. The van der Waals surface area contributed by atoms with E-state index >= 15 is 0 Å². The molecule has 0 spiro atoms. The van der Waals surface area contributed by atoms with E-state index in [1.807, 2.05) is 46.7 Å². The van der Waals surface area contributed by atoms with Crippen molar-refractivity contribution in [2.24, 2.45) is 11.8 Å². The van der Waals surface area contributed by atoms with Gasteiger partial charge in [0.2, 0.25) is 5.91 Å². The number of nitrogens with zero attached hydrogens (tertiary/aromatic N) is 4. The second-order valence-corrected chi connectivity index (χ2v) is 9.41. The van der Waals surface area contributed by atoms with Crippen LogP contribution in [0.25, 0.3) is 11.4 Å². The average molecular weight is 419 g/mol. The number of amides is 1. The Hall–Kier alpha value is -1.79. The molecule has 0 aliphatic carbocycles. The third-order valence-corrected chi connectivity index (χ3v) is 6.26. The number of likely N-dealkylation sites (tertiary alicyclic amines) is 1. The lowest BCUT2D eigenvalue weighted by atomic mass is 9.92. The van der Waals surface area contributed by atoms with Crippen LogP contribution in [0.5, 0.6) is 0 Å². The molecule has 1 saturated heterocycles. The van der Waals surface area contributed by atoms with Gasteiger partial charge in [0.15, 0.2) is 11.0 Å². The van der Waals surface area contributed by atoms with Crippen LogP contribution in [-0.4, -0.2) is 43.9 Å². The molecule has 7 heteroatoms. The van der Waals surface area contributed by atoms with Crippen molar-refractivity contribution in [1.29, 1.82) is 0 Å². The van der Waals surface area contributed by atoms with E-state index in [0.29, 0.717) is 23.4 Å². The average Bonchev–Trinajstić information content (AvgIpc) is 3.03. The zero-order valence-electron chi connectivity index (χ0n) is 16.6. The van der Waals surface area contributed by atoms with Gasteiger partial charge in [-0.3, -0.25) is 9.36 Å². The maximum Gasteiger partial charge on any atom is 0.235 e. The van der Waals surface area contributed by atoms with Crippen molar-refractivity contribution in [2.45, 2.75) is 44.1 Å². The molecule has 5 nitrogen and oxygen atoms in total. The monoisotopic (exact) mass is 418 g/mol. The fourth-order valence-electron chi connectivity index (χ4n) is 3.79. The molecule has 1 amide bonds. The first-order chi connectivity index (χ1) is 13.4. The number of benzene rings is 1. The van der Waals surface area contributed by atoms with Crippen LogP contribution in [0, 0.1) is 11.8 Å². The summed E-state index contributed by atoms with van der Waals surface area (Å²) in [6.07, 6.45) is 3.00. The number of carbonyl (C=O) groups excluding carboxylic acids is 1. The minimum atomic E-state index is -0.219. The highest BCUT2D eigenvalue weighted by atomic mass is 35.5. The zero-order chi connectivity index (χ0) is 20.3. The van der Waals surface area contributed by atoms with Crippen LogP contribution < -0.4 is 0 Å². The number of aromatic nitrogens is 3. The van der Waals surface area contributed by atoms with Gasteiger partial charge >= 0.3 is 0 Å². The van der Waals surface area contributed by atoms with Crippen molar-refractivity contribution < 1.29 is 4.79 Å². The predicted octanol–water partition coefficient (Wildman–Crippen LogP) is 4.77. The molecule has 1 fully saturated rings. The van der Waals surface area contributed by atoms with Crippen molar-refractivity contribution in [3.63, 3.8) is 0 Å². The molecule has 2 heterocycles. The van der Waals surface area contributed by atoms with E-state index in [2.05, 4.69) is 30.6 Å². The molecule has 3 unspecified atom stereocenters. The van der Waals surface area contributed by atoms with Crippen molar-refractivity contribution in [3.05, 3.63) is 41.9 Å². The predicted molar refractivity (Wildman–Crippen MR) is 116 cm³/mol. The highest BCUT2D eigenvalue weighted by molar-refractivity contribution is 8.00. The van der Waals surface area contributed by atoms with Gasteiger partial charge in [0.1, 0.15) is 0 Å². The minimum absolute atomic E-state index is 0.171. The first-order valence-electron chi connectivity index (χ1n) is 9.64. The summed E-state index contributed by atoms with van der Waals surface area (Å²) >= 11 is 7.46. The lowest BCUT2D eigenvalue weighted by Crippen LogP contribution is -2.45. The van der Waals surface area contributed by atoms with Gasteiger partial charge < -0.3 is 4.90 Å². The molecule has 2 aromatic rings. The van der Waals surface area contributed by atoms with Gasteiger partial charge in [-0.05, 0) is 49.4 Å². The summed E-state index contributed by atoms with van der Waals surface area (Å²) < 4.78 is 1.99. The summed E-state index contributed by atoms with van der Waals surface area (Å²) in [5.41, 5.74) is 0.934. The molecule has 0 N–H and O–H groups in total. The number of rotatable bonds is 6. The molecule has 1 aliphatic rings. The summed E-state index contributed by atoms with van der Waals surface area (Å²) in [7, 11) is 0. The molecule has 0 saturated carbocycles. The van der Waals surface area contributed by atoms with Crippen molar-refractivity contribution in [1.82, 2.24) is 19.7 Å². The number of piperidine rings is 1. The van der Waals surface area contributed by atoms with Crippen LogP contribution >= 0.6 is 23.4 Å². The van der Waals surface area contributed by atoms with Crippen molar-refractivity contribution >= 4 is 29.3 Å². The number of hydrogen-bond donors (Lipinski definition) is 0. The second kappa shape index (κ2) is 9.14. The van der Waals surface area contributed by atoms with Crippen molar-refractivity contribution in [2.75, 3.05) is 13.1 Å². The van der Waals surface area contributed by atoms with E-state index in [1.54, 1.807) is 0 Å². The Bertz CT molecular complexity index is 825. The van der Waals surface area contributed by atoms with Gasteiger partial charge in [-0.15, -0.1) is 16.8 Å². The lowest BCUT2D eigenvalue weighted by Gasteiger charge is -2.36. The van der Waals surface area contributed by atoms with E-state index in [9.17, 15) is 4.79 Å². The Morgan fingerprint density at radius 1 is 1.29 bits per heavy atom. The molecular formula is C21H27ClN4OS. The third-order valence-electron chi connectivity index (χ3n) is 4.94. The van der Waals surface area contributed by atoms with Crippen LogP contribution in [-0.2, 0) is 11.3 Å². The third kappa shape index (κ3) is 4.78. The Morgan fingerprint density at radius 2 is 1.93 bits per heavy atom. The Morgan fingerprint density at radius 3 is 2.54 bits per heavy atom. The molecule has 0 bridgehead atoms. The summed E-state index contributed by atoms with van der Waals surface area (Å²) in [4.78, 5) is 15.0. The fraction of sp³-hybridized carbons (Fsp3) is 0.476. The van der Waals surface area contributed by atoms with Gasteiger partial charge in [-0.25, -0.2) is 0 Å². The van der Waals surface area contributed by atoms with E-state index in [1.165, 1.54) is 18.2 Å². The van der Waals surface area contributed by atoms with E-state index < -0.39 is 0 Å². The van der Waals surface area contributed by atoms with Gasteiger partial charge in [0.25, 0.3) is 0 Å². The number of carbonyl (C=O) groups is 1. The zero-order valence-corrected chi connectivity index (χ0v) is 18.2. The van der Waals surface area contributed by atoms with Crippen LogP contribution in [0.2, 0.25) is 5.02 Å². The van der Waals surface area contributed by atoms with Crippen LogP contribution in [0.15, 0.2) is 42.1 Å². The molecule has 1 aliphatic heterocycles. The van der Waals surface area contributed by atoms with Gasteiger partial charge in [0.05, 0.1) is 5.25 Å². The van der Waals surface area contributed by atoms with E-state index in [-0.39, 0.29) is 11.2 Å². The Kier molecular flexibility index (Phi) is 6.83. The number of allylic oxidation sites excluding steroid dienone is 1. The molecule has 1 aromatic carbocycles. The highest BCUT2D eigenvalue weighted by Crippen LogP contribution is 2.30. The maximum atomic E-state index is 13.0. The number of thioether (sulfide) groups is 1. The van der Waals surface area contributed by atoms with Crippen LogP contribution in [0.1, 0.15) is 27.2 Å². The van der Waals surface area contributed by atoms with Gasteiger partial charge in [-0.1, -0.05) is 43.3 Å². The fourth-order valence-corrected chi connectivity index (χ4v) is 4.86. The Labute approximate surface area is 176 Å². The quantitative estimate of drug-likeness (QED) is 0.500. The molecule has 3 rings (SSSR count). The normalized spacial score (nSPS) is 20.8. The second-order valence-electron chi connectivity index (χ2n) is 7.66. The molecule has 3 atom stereocenters. The largest absolute Gasteiger partial charge is 0.341 e. The first-order valence-corrected chi connectivity index (χ1v) is 10.9. The minimum Gasteiger partial charge on any atom is -0.341 e. The first kappa shape index (κ1) is 20.9. The molecule has 150 valence electrons. The molecule has 28 heavy (non-hydrogen) atoms. The van der Waals surface area contributed by atoms with Gasteiger partial charge in [-0.2, -0.15) is 0 Å². The summed E-state index contributed by atoms with van der Waals surface area (Å²) in [5.74, 6) is 2.01. The lowest BCUT2D eigenvalue weighted by molar-refractivity contribution is -0.132. The SMILES string of the molecule is C=CCn1c(SC(C)C(=O)N2CC(C)CC(C)C2)nnc1-c1ccc(Cl)cc1. The topological polar surface area (TPSA) is 51.0 Å². The van der Waals surface area contributed by atoms with E-state index in [0.717, 1.165) is 29.6 Å². The maximum absolute atomic E-state index is 13.0. The number of hydrogen-bond acceptors (Lipinski definition) is 4.